The molecule has 0 radical (unpaired) electrons. The molecule has 1 amide bonds. The van der Waals surface area contributed by atoms with Crippen LogP contribution in [0.1, 0.15) is 17.3 Å². The van der Waals surface area contributed by atoms with Crippen LogP contribution < -0.4 is 0 Å². The van der Waals surface area contributed by atoms with Gasteiger partial charge in [-0.2, -0.15) is 18.3 Å². The summed E-state index contributed by atoms with van der Waals surface area (Å²) in [5.41, 5.74) is 0.835. The lowest BCUT2D eigenvalue weighted by Crippen LogP contribution is -2.59. The molecule has 8 heteroatoms. The largest absolute Gasteiger partial charge is 0.411 e. The molecule has 0 N–H and O–H groups in total. The molecule has 5 nitrogen and oxygen atoms in total. The molecule has 1 saturated heterocycles. The summed E-state index contributed by atoms with van der Waals surface area (Å²) in [5.74, 6) is -0.699. The van der Waals surface area contributed by atoms with Crippen molar-refractivity contribution in [2.24, 2.45) is 0 Å². The lowest BCUT2D eigenvalue weighted by molar-refractivity contribution is -0.220. The SMILES string of the molecule is C[C@@H]1OCCN(C(=O)c2cnn(-c3ccccc3)c2)[C@@H]1C(F)(F)F. The molecule has 1 aliphatic heterocycles. The standard InChI is InChI=1S/C16H16F3N3O2/c1-11-14(16(17,18)19)21(7-8-24-11)15(23)12-9-20-22(10-12)13-5-3-2-4-6-13/h2-6,9-11,14H,7-8H2,1H3/t11-,14-/m0/s1. The second kappa shape index (κ2) is 6.27. The maximum atomic E-state index is 13.3. The van der Waals surface area contributed by atoms with Crippen LogP contribution in [0.4, 0.5) is 13.2 Å². The van der Waals surface area contributed by atoms with Crippen LogP contribution in [0.25, 0.3) is 5.69 Å². The first kappa shape index (κ1) is 16.5. The highest BCUT2D eigenvalue weighted by Gasteiger charge is 2.51. The molecule has 128 valence electrons. The van der Waals surface area contributed by atoms with Gasteiger partial charge in [-0.1, -0.05) is 18.2 Å². The van der Waals surface area contributed by atoms with Crippen LogP contribution >= 0.6 is 0 Å². The van der Waals surface area contributed by atoms with Crippen molar-refractivity contribution < 1.29 is 22.7 Å². The maximum absolute atomic E-state index is 13.3. The van der Waals surface area contributed by atoms with E-state index in [0.29, 0.717) is 0 Å². The highest BCUT2D eigenvalue weighted by atomic mass is 19.4. The van der Waals surface area contributed by atoms with Crippen molar-refractivity contribution in [1.29, 1.82) is 0 Å². The molecular formula is C16H16F3N3O2. The Kier molecular flexibility index (Phi) is 4.31. The topological polar surface area (TPSA) is 47.4 Å². The van der Waals surface area contributed by atoms with Crippen molar-refractivity contribution in [3.05, 3.63) is 48.3 Å². The number of benzene rings is 1. The molecule has 2 aromatic rings. The van der Waals surface area contributed by atoms with Gasteiger partial charge in [-0.15, -0.1) is 0 Å². The van der Waals surface area contributed by atoms with Crippen molar-refractivity contribution in [2.45, 2.75) is 25.2 Å². The molecule has 1 aromatic heterocycles. The highest BCUT2D eigenvalue weighted by Crippen LogP contribution is 2.31. The molecule has 2 atom stereocenters. The van der Waals surface area contributed by atoms with Gasteiger partial charge in [-0.3, -0.25) is 4.79 Å². The van der Waals surface area contributed by atoms with Gasteiger partial charge in [0.2, 0.25) is 0 Å². The lowest BCUT2D eigenvalue weighted by atomic mass is 10.1. The van der Waals surface area contributed by atoms with Gasteiger partial charge in [-0.05, 0) is 19.1 Å². The zero-order valence-electron chi connectivity index (χ0n) is 12.9. The number of para-hydroxylation sites is 1. The number of hydrogen-bond donors (Lipinski definition) is 0. The number of carbonyl (C=O) groups is 1. The molecule has 2 heterocycles. The number of nitrogens with zero attached hydrogens (tertiary/aromatic N) is 3. The van der Waals surface area contributed by atoms with Crippen LogP contribution in [-0.4, -0.2) is 52.1 Å². The number of alkyl halides is 3. The summed E-state index contributed by atoms with van der Waals surface area (Å²) >= 11 is 0. The predicted molar refractivity (Wildman–Crippen MR) is 79.9 cm³/mol. The van der Waals surface area contributed by atoms with E-state index < -0.39 is 24.2 Å². The fourth-order valence-electron chi connectivity index (χ4n) is 2.81. The summed E-state index contributed by atoms with van der Waals surface area (Å²) in [6.45, 7) is 1.29. The number of rotatable bonds is 2. The number of ether oxygens (including phenoxy) is 1. The van der Waals surface area contributed by atoms with Gasteiger partial charge in [0.15, 0.2) is 6.04 Å². The Balaban J connectivity index is 1.87. The minimum atomic E-state index is -4.55. The Morgan fingerprint density at radius 3 is 2.67 bits per heavy atom. The predicted octanol–water partition coefficient (Wildman–Crippen LogP) is 2.66. The van der Waals surface area contributed by atoms with E-state index in [1.165, 1.54) is 24.0 Å². The molecule has 1 aliphatic rings. The number of carbonyl (C=O) groups excluding carboxylic acids is 1. The second-order valence-electron chi connectivity index (χ2n) is 5.57. The van der Waals surface area contributed by atoms with E-state index in [0.717, 1.165) is 10.6 Å². The third kappa shape index (κ3) is 3.14. The molecule has 3 rings (SSSR count). The molecule has 0 saturated carbocycles. The molecule has 0 bridgehead atoms. The fraction of sp³-hybridized carbons (Fsp3) is 0.375. The number of aromatic nitrogens is 2. The van der Waals surface area contributed by atoms with Gasteiger partial charge in [-0.25, -0.2) is 4.68 Å². The Morgan fingerprint density at radius 1 is 1.29 bits per heavy atom. The van der Waals surface area contributed by atoms with E-state index in [1.807, 2.05) is 18.2 Å². The quantitative estimate of drug-likeness (QED) is 0.845. The smallest absolute Gasteiger partial charge is 0.374 e. The van der Waals surface area contributed by atoms with Crippen LogP contribution in [-0.2, 0) is 4.74 Å². The van der Waals surface area contributed by atoms with E-state index in [4.69, 9.17) is 4.74 Å². The lowest BCUT2D eigenvalue weighted by Gasteiger charge is -2.40. The Morgan fingerprint density at radius 2 is 2.00 bits per heavy atom. The van der Waals surface area contributed by atoms with Crippen molar-refractivity contribution in [1.82, 2.24) is 14.7 Å². The summed E-state index contributed by atoms with van der Waals surface area (Å²) in [5, 5.41) is 4.07. The van der Waals surface area contributed by atoms with E-state index in [1.54, 1.807) is 12.1 Å². The molecule has 1 fully saturated rings. The van der Waals surface area contributed by atoms with Crippen LogP contribution in [0.3, 0.4) is 0 Å². The fourth-order valence-corrected chi connectivity index (χ4v) is 2.81. The van der Waals surface area contributed by atoms with E-state index in [2.05, 4.69) is 5.10 Å². The van der Waals surface area contributed by atoms with Crippen LogP contribution in [0, 0.1) is 0 Å². The van der Waals surface area contributed by atoms with Gasteiger partial charge in [0.05, 0.1) is 30.2 Å². The Bertz CT molecular complexity index is 715. The molecule has 1 aromatic carbocycles. The summed E-state index contributed by atoms with van der Waals surface area (Å²) in [7, 11) is 0. The van der Waals surface area contributed by atoms with E-state index >= 15 is 0 Å². The maximum Gasteiger partial charge on any atom is 0.411 e. The Hall–Kier alpha value is -2.35. The zero-order valence-corrected chi connectivity index (χ0v) is 12.9. The van der Waals surface area contributed by atoms with Crippen molar-refractivity contribution in [3.63, 3.8) is 0 Å². The van der Waals surface area contributed by atoms with Crippen LogP contribution in [0.15, 0.2) is 42.7 Å². The van der Waals surface area contributed by atoms with Crippen molar-refractivity contribution in [3.8, 4) is 5.69 Å². The van der Waals surface area contributed by atoms with Crippen LogP contribution in [0.2, 0.25) is 0 Å². The average molecular weight is 339 g/mol. The molecular weight excluding hydrogens is 323 g/mol. The van der Waals surface area contributed by atoms with E-state index in [9.17, 15) is 18.0 Å². The third-order valence-electron chi connectivity index (χ3n) is 3.94. The number of amides is 1. The van der Waals surface area contributed by atoms with Gasteiger partial charge in [0, 0.05) is 12.7 Å². The summed E-state index contributed by atoms with van der Waals surface area (Å²) < 4.78 is 46.4. The normalized spacial score (nSPS) is 21.8. The van der Waals surface area contributed by atoms with Crippen molar-refractivity contribution in [2.75, 3.05) is 13.2 Å². The molecule has 24 heavy (non-hydrogen) atoms. The summed E-state index contributed by atoms with van der Waals surface area (Å²) in [4.78, 5) is 13.4. The first-order valence-electron chi connectivity index (χ1n) is 7.47. The number of halogens is 3. The van der Waals surface area contributed by atoms with Crippen LogP contribution in [0.5, 0.6) is 0 Å². The molecule has 0 spiro atoms. The summed E-state index contributed by atoms with van der Waals surface area (Å²) in [6.07, 6.45) is -2.94. The monoisotopic (exact) mass is 339 g/mol. The third-order valence-corrected chi connectivity index (χ3v) is 3.94. The Labute approximate surface area is 136 Å². The minimum absolute atomic E-state index is 0.0757. The number of morpholine rings is 1. The first-order valence-corrected chi connectivity index (χ1v) is 7.47. The minimum Gasteiger partial charge on any atom is -0.374 e. The number of hydrogen-bond acceptors (Lipinski definition) is 3. The zero-order chi connectivity index (χ0) is 17.3. The van der Waals surface area contributed by atoms with Crippen molar-refractivity contribution >= 4 is 5.91 Å². The molecule has 0 aliphatic carbocycles. The van der Waals surface area contributed by atoms with Gasteiger partial charge < -0.3 is 9.64 Å². The van der Waals surface area contributed by atoms with Gasteiger partial charge in [0.25, 0.3) is 5.91 Å². The van der Waals surface area contributed by atoms with Gasteiger partial charge in [0.1, 0.15) is 0 Å². The first-order chi connectivity index (χ1) is 11.4. The summed E-state index contributed by atoms with van der Waals surface area (Å²) in [6, 6.07) is 7.07. The second-order valence-corrected chi connectivity index (χ2v) is 5.57. The van der Waals surface area contributed by atoms with E-state index in [-0.39, 0.29) is 18.7 Å². The molecule has 0 unspecified atom stereocenters. The average Bonchev–Trinajstić information content (AvgIpc) is 3.03. The van der Waals surface area contributed by atoms with Gasteiger partial charge >= 0.3 is 6.18 Å². The highest BCUT2D eigenvalue weighted by molar-refractivity contribution is 5.94.